The molecule has 0 bridgehead atoms. The van der Waals surface area contributed by atoms with Crippen LogP contribution in [0.25, 0.3) is 22.2 Å². The van der Waals surface area contributed by atoms with Crippen LogP contribution < -0.4 is 0 Å². The third kappa shape index (κ3) is 7.69. The molecule has 40 heavy (non-hydrogen) atoms. The van der Waals surface area contributed by atoms with Crippen molar-refractivity contribution in [3.8, 4) is 11.1 Å². The fourth-order valence-electron chi connectivity index (χ4n) is 4.29. The lowest BCUT2D eigenvalue weighted by Crippen LogP contribution is -2.14. The van der Waals surface area contributed by atoms with E-state index in [4.69, 9.17) is 30.9 Å². The van der Waals surface area contributed by atoms with Crippen molar-refractivity contribution < 1.29 is 14.2 Å². The summed E-state index contributed by atoms with van der Waals surface area (Å²) >= 11 is 6.85. The molecular weight excluding hydrogens is 526 g/mol. The Morgan fingerprint density at radius 1 is 1.18 bits per heavy atom. The number of aliphatic imine (C=N–C) groups is 1. The van der Waals surface area contributed by atoms with Crippen LogP contribution in [0.4, 0.5) is 0 Å². The van der Waals surface area contributed by atoms with Crippen LogP contribution in [0.1, 0.15) is 35.9 Å². The topological polar surface area (TPSA) is 73.5 Å². The number of allylic oxidation sites excluding steroid dienone is 4. The van der Waals surface area contributed by atoms with E-state index in [0.29, 0.717) is 42.9 Å². The average molecular weight is 564 g/mol. The lowest BCUT2D eigenvalue weighted by molar-refractivity contribution is 0.114. The number of hydrogen-bond acceptors (Lipinski definition) is 7. The van der Waals surface area contributed by atoms with E-state index in [-0.39, 0.29) is 0 Å². The van der Waals surface area contributed by atoms with Gasteiger partial charge in [0, 0.05) is 51.0 Å². The molecule has 0 aliphatic heterocycles. The standard InChI is InChI=1S/C31H38ClN5O3/c1-8-10-25(40-18-17-38-6)14-13-22(2)29-27(26-12-9-11-24(21-39-7)23(26)3)19-37-30(29)31(32)34-28(35-37)20-36(5)16-15-33-4/h9-16,19H,2,4,8,17-18,20-21H2,1,3,5-7H3/b14-13-,16-15-,25-10+. The second kappa shape index (κ2) is 15.2. The zero-order valence-corrected chi connectivity index (χ0v) is 24.7. The van der Waals surface area contributed by atoms with Crippen molar-refractivity contribution in [3.63, 3.8) is 0 Å². The SMILES string of the molecule is C=N/C=C\N(C)Cc1nc(Cl)c2c(C(=C)/C=C\C(=C/CC)OCCOC)c(-c3cccc(COC)c3C)cn2n1. The van der Waals surface area contributed by atoms with Crippen molar-refractivity contribution in [1.29, 1.82) is 0 Å². The molecule has 8 nitrogen and oxygen atoms in total. The summed E-state index contributed by atoms with van der Waals surface area (Å²) in [5, 5.41) is 5.14. The zero-order valence-electron chi connectivity index (χ0n) is 24.0. The minimum Gasteiger partial charge on any atom is -0.492 e. The minimum absolute atomic E-state index is 0.339. The molecule has 3 aromatic rings. The van der Waals surface area contributed by atoms with Gasteiger partial charge in [-0.15, -0.1) is 0 Å². The first kappa shape index (κ1) is 30.8. The van der Waals surface area contributed by atoms with Gasteiger partial charge in [-0.3, -0.25) is 4.99 Å². The second-order valence-electron chi connectivity index (χ2n) is 9.16. The van der Waals surface area contributed by atoms with Crippen molar-refractivity contribution >= 4 is 29.4 Å². The van der Waals surface area contributed by atoms with Gasteiger partial charge < -0.3 is 19.1 Å². The van der Waals surface area contributed by atoms with Crippen molar-refractivity contribution in [2.45, 2.75) is 33.4 Å². The Hall–Kier alpha value is -3.72. The molecule has 1 aromatic carbocycles. The number of aromatic nitrogens is 3. The Bertz CT molecular complexity index is 1420. The van der Waals surface area contributed by atoms with Gasteiger partial charge >= 0.3 is 0 Å². The number of methoxy groups -OCH3 is 2. The van der Waals surface area contributed by atoms with Gasteiger partial charge in [0.1, 0.15) is 17.9 Å². The Labute approximate surface area is 241 Å². The molecule has 0 radical (unpaired) electrons. The first-order chi connectivity index (χ1) is 19.3. The number of halogens is 1. The van der Waals surface area contributed by atoms with Crippen LogP contribution in [-0.2, 0) is 27.4 Å². The van der Waals surface area contributed by atoms with E-state index in [2.05, 4.69) is 49.3 Å². The van der Waals surface area contributed by atoms with Gasteiger partial charge in [0.05, 0.1) is 19.8 Å². The summed E-state index contributed by atoms with van der Waals surface area (Å²) in [5.41, 5.74) is 6.48. The quantitative estimate of drug-likeness (QED) is 0.0893. The molecule has 0 amide bonds. The normalized spacial score (nSPS) is 12.1. The predicted octanol–water partition coefficient (Wildman–Crippen LogP) is 6.63. The Morgan fingerprint density at radius 2 is 1.98 bits per heavy atom. The van der Waals surface area contributed by atoms with Gasteiger partial charge in [-0.1, -0.05) is 49.4 Å². The Morgan fingerprint density at radius 3 is 2.67 bits per heavy atom. The number of fused-ring (bicyclic) bond motifs is 1. The lowest BCUT2D eigenvalue weighted by atomic mass is 9.93. The molecule has 0 spiro atoms. The van der Waals surface area contributed by atoms with Crippen LogP contribution in [-0.4, -0.2) is 60.7 Å². The molecule has 0 saturated heterocycles. The summed E-state index contributed by atoms with van der Waals surface area (Å²) in [6.45, 7) is 14.0. The van der Waals surface area contributed by atoms with E-state index in [0.717, 1.165) is 45.6 Å². The zero-order chi connectivity index (χ0) is 29.1. The second-order valence-corrected chi connectivity index (χ2v) is 9.52. The molecule has 0 atom stereocenters. The lowest BCUT2D eigenvalue weighted by Gasteiger charge is -2.13. The van der Waals surface area contributed by atoms with Gasteiger partial charge in [0.2, 0.25) is 0 Å². The summed E-state index contributed by atoms with van der Waals surface area (Å²) in [6, 6.07) is 6.18. The minimum atomic E-state index is 0.339. The van der Waals surface area contributed by atoms with E-state index in [9.17, 15) is 0 Å². The molecule has 212 valence electrons. The largest absolute Gasteiger partial charge is 0.492 e. The third-order valence-corrected chi connectivity index (χ3v) is 6.48. The third-order valence-electron chi connectivity index (χ3n) is 6.22. The number of nitrogens with zero attached hydrogens (tertiary/aromatic N) is 5. The van der Waals surface area contributed by atoms with Gasteiger partial charge in [-0.2, -0.15) is 5.10 Å². The van der Waals surface area contributed by atoms with E-state index < -0.39 is 0 Å². The fourth-order valence-corrected chi connectivity index (χ4v) is 4.57. The van der Waals surface area contributed by atoms with E-state index >= 15 is 0 Å². The van der Waals surface area contributed by atoms with Crippen LogP contribution in [0.2, 0.25) is 5.15 Å². The van der Waals surface area contributed by atoms with E-state index in [1.165, 1.54) is 0 Å². The summed E-state index contributed by atoms with van der Waals surface area (Å²) in [4.78, 5) is 10.3. The van der Waals surface area contributed by atoms with E-state index in [1.807, 2.05) is 42.4 Å². The smallest absolute Gasteiger partial charge is 0.170 e. The highest BCUT2D eigenvalue weighted by molar-refractivity contribution is 6.33. The maximum atomic E-state index is 6.85. The van der Waals surface area contributed by atoms with Gasteiger partial charge in [0.15, 0.2) is 11.0 Å². The van der Waals surface area contributed by atoms with Crippen molar-refractivity contribution in [2.24, 2.45) is 4.99 Å². The summed E-state index contributed by atoms with van der Waals surface area (Å²) in [5.74, 6) is 1.31. The highest BCUT2D eigenvalue weighted by Crippen LogP contribution is 2.38. The molecule has 2 aromatic heterocycles. The predicted molar refractivity (Wildman–Crippen MR) is 163 cm³/mol. The first-order valence-electron chi connectivity index (χ1n) is 13.0. The van der Waals surface area contributed by atoms with Crippen LogP contribution in [0.5, 0.6) is 0 Å². The van der Waals surface area contributed by atoms with Crippen molar-refractivity contribution in [1.82, 2.24) is 19.5 Å². The maximum Gasteiger partial charge on any atom is 0.170 e. The molecule has 9 heteroatoms. The maximum absolute atomic E-state index is 6.85. The highest BCUT2D eigenvalue weighted by atomic mass is 35.5. The first-order valence-corrected chi connectivity index (χ1v) is 13.4. The van der Waals surface area contributed by atoms with Crippen molar-refractivity contribution in [2.75, 3.05) is 34.5 Å². The average Bonchev–Trinajstić information content (AvgIpc) is 3.31. The summed E-state index contributed by atoms with van der Waals surface area (Å²) in [6.07, 6.45) is 12.1. The molecule has 0 unspecified atom stereocenters. The van der Waals surface area contributed by atoms with Crippen LogP contribution in [0.15, 0.2) is 72.4 Å². The molecule has 0 fully saturated rings. The van der Waals surface area contributed by atoms with Crippen LogP contribution >= 0.6 is 11.6 Å². The van der Waals surface area contributed by atoms with E-state index in [1.54, 1.807) is 31.1 Å². The number of hydrogen-bond donors (Lipinski definition) is 0. The number of rotatable bonds is 15. The van der Waals surface area contributed by atoms with Crippen molar-refractivity contribution in [3.05, 3.63) is 95.0 Å². The Kier molecular flexibility index (Phi) is 11.7. The number of ether oxygens (including phenoxy) is 3. The summed E-state index contributed by atoms with van der Waals surface area (Å²) in [7, 11) is 5.25. The van der Waals surface area contributed by atoms with Crippen LogP contribution in [0, 0.1) is 6.92 Å². The molecule has 3 rings (SSSR count). The highest BCUT2D eigenvalue weighted by Gasteiger charge is 2.21. The molecule has 0 aliphatic carbocycles. The molecular formula is C31H38ClN5O3. The van der Waals surface area contributed by atoms with Gasteiger partial charge in [-0.05, 0) is 54.5 Å². The number of benzene rings is 1. The molecule has 0 saturated carbocycles. The molecule has 0 aliphatic rings. The monoisotopic (exact) mass is 563 g/mol. The molecule has 2 heterocycles. The van der Waals surface area contributed by atoms with Crippen LogP contribution in [0.3, 0.4) is 0 Å². The van der Waals surface area contributed by atoms with Gasteiger partial charge in [0.25, 0.3) is 0 Å². The fraction of sp³-hybridized carbons (Fsp3) is 0.323. The summed E-state index contributed by atoms with van der Waals surface area (Å²) < 4.78 is 18.2. The Balaban J connectivity index is 2.16. The van der Waals surface area contributed by atoms with Gasteiger partial charge in [-0.25, -0.2) is 9.50 Å². The molecule has 0 N–H and O–H groups in total.